The molecule has 21 heteroatoms. The summed E-state index contributed by atoms with van der Waals surface area (Å²) < 4.78 is 88.0. The molecule has 2 aliphatic rings. The van der Waals surface area contributed by atoms with Gasteiger partial charge in [-0.3, -0.25) is 9.59 Å². The number of aliphatic hydroxyl groups excluding tert-OH is 1. The Bertz CT molecular complexity index is 2110. The van der Waals surface area contributed by atoms with E-state index in [9.17, 15) is 37.1 Å². The van der Waals surface area contributed by atoms with Crippen LogP contribution in [0.25, 0.3) is 22.5 Å². The molecular formula is C37H41F4N7O9S. The summed E-state index contributed by atoms with van der Waals surface area (Å²) in [7, 11) is 1.34. The molecule has 1 amide bonds. The molecule has 8 atom stereocenters. The largest absolute Gasteiger partial charge is 0.463 e. The molecule has 58 heavy (non-hydrogen) atoms. The van der Waals surface area contributed by atoms with Crippen molar-refractivity contribution < 1.29 is 60.7 Å². The lowest BCUT2D eigenvalue weighted by Gasteiger charge is -2.47. The van der Waals surface area contributed by atoms with Crippen LogP contribution in [0.1, 0.15) is 46.7 Å². The molecule has 312 valence electrons. The average molecular weight is 836 g/mol. The molecule has 2 aromatic heterocycles. The lowest BCUT2D eigenvalue weighted by Crippen LogP contribution is -2.59. The van der Waals surface area contributed by atoms with Crippen LogP contribution < -0.4 is 0 Å². The van der Waals surface area contributed by atoms with Crippen molar-refractivity contribution in [3.63, 3.8) is 0 Å². The van der Waals surface area contributed by atoms with Gasteiger partial charge >= 0.3 is 18.0 Å². The lowest BCUT2D eigenvalue weighted by atomic mass is 9.96. The summed E-state index contributed by atoms with van der Waals surface area (Å²) in [6.45, 7) is 6.88. The Labute approximate surface area is 333 Å². The Hall–Kier alpha value is -5.12. The van der Waals surface area contributed by atoms with E-state index in [0.29, 0.717) is 11.3 Å². The number of ether oxygens (including phenoxy) is 5. The highest BCUT2D eigenvalue weighted by molar-refractivity contribution is 8.00. The number of piperidine rings is 1. The number of benzene rings is 2. The van der Waals surface area contributed by atoms with Crippen LogP contribution >= 0.6 is 11.8 Å². The molecule has 2 aliphatic heterocycles. The van der Waals surface area contributed by atoms with Gasteiger partial charge < -0.3 is 33.7 Å². The zero-order valence-electron chi connectivity index (χ0n) is 32.1. The summed E-state index contributed by atoms with van der Waals surface area (Å²) in [4.78, 5) is 39.5. The van der Waals surface area contributed by atoms with E-state index >= 15 is 0 Å². The third-order valence-electron chi connectivity index (χ3n) is 9.25. The molecule has 2 saturated heterocycles. The van der Waals surface area contributed by atoms with Gasteiger partial charge in [-0.05, 0) is 45.0 Å². The lowest BCUT2D eigenvalue weighted by molar-refractivity contribution is -0.208. The Balaban J connectivity index is 1.37. The molecule has 0 bridgehead atoms. The number of carbonyl (C=O) groups is 3. The average Bonchev–Trinajstić information content (AvgIpc) is 3.84. The first-order valence-electron chi connectivity index (χ1n) is 18.0. The molecule has 2 fully saturated rings. The fourth-order valence-electron chi connectivity index (χ4n) is 6.70. The Morgan fingerprint density at radius 1 is 0.914 bits per heavy atom. The topological polar surface area (TPSA) is 182 Å². The molecule has 0 unspecified atom stereocenters. The Kier molecular flexibility index (Phi) is 12.7. The number of hydrogen-bond acceptors (Lipinski definition) is 14. The van der Waals surface area contributed by atoms with Gasteiger partial charge in [-0.2, -0.15) is 0 Å². The van der Waals surface area contributed by atoms with Crippen LogP contribution in [-0.2, 0) is 33.3 Å². The predicted molar refractivity (Wildman–Crippen MR) is 196 cm³/mol. The second-order valence-electron chi connectivity index (χ2n) is 14.7. The number of aromatic nitrogens is 6. The summed E-state index contributed by atoms with van der Waals surface area (Å²) in [6, 6.07) is 5.17. The molecule has 0 spiro atoms. The van der Waals surface area contributed by atoms with Gasteiger partial charge in [0.1, 0.15) is 53.1 Å². The van der Waals surface area contributed by atoms with Crippen molar-refractivity contribution in [3.05, 3.63) is 72.1 Å². The number of hydrogen-bond donors (Lipinski definition) is 1. The predicted octanol–water partition coefficient (Wildman–Crippen LogP) is 4.49. The Morgan fingerprint density at radius 3 is 2.19 bits per heavy atom. The highest BCUT2D eigenvalue weighted by Gasteiger charge is 2.53. The normalized spacial score (nSPS) is 25.0. The molecule has 0 saturated carbocycles. The van der Waals surface area contributed by atoms with Crippen LogP contribution in [-0.4, -0.2) is 126 Å². The summed E-state index contributed by atoms with van der Waals surface area (Å²) in [5.41, 5.74) is -1.45. The monoisotopic (exact) mass is 835 g/mol. The van der Waals surface area contributed by atoms with Crippen molar-refractivity contribution in [1.29, 1.82) is 0 Å². The number of thioether (sulfide) groups is 1. The molecule has 0 aliphatic carbocycles. The van der Waals surface area contributed by atoms with Gasteiger partial charge in [0, 0.05) is 45.2 Å². The number of esters is 2. The summed E-state index contributed by atoms with van der Waals surface area (Å²) in [5, 5.41) is 27.7. The van der Waals surface area contributed by atoms with E-state index in [2.05, 4.69) is 20.6 Å². The van der Waals surface area contributed by atoms with E-state index in [1.165, 1.54) is 58.9 Å². The van der Waals surface area contributed by atoms with Crippen molar-refractivity contribution in [2.45, 2.75) is 87.4 Å². The Morgan fingerprint density at radius 2 is 1.57 bits per heavy atom. The standard InChI is InChI=1S/C37H41F4N7O9S/c1-18(49)54-17-28-33(55-19(2)50)31(48-14-26(43-45-48)21-11-23(39)30(41)24(40)12-21)34(53-6)35(56-28)58-29-16-46(36(52)57-37(3,4)5)15-27(32(29)51)47-13-25(42-44-47)20-8-7-9-22(38)10-20/h7-14,27-29,31-35,51H,15-17H2,1-6H3/t27-,28+,29+,31-,32+,33-,34+,35-/m0/s1. The number of likely N-dealkylation sites (tertiary alicyclic amines) is 1. The maximum Gasteiger partial charge on any atom is 0.410 e. The van der Waals surface area contributed by atoms with Crippen molar-refractivity contribution in [3.8, 4) is 22.5 Å². The van der Waals surface area contributed by atoms with Gasteiger partial charge in [-0.15, -0.1) is 22.0 Å². The van der Waals surface area contributed by atoms with Gasteiger partial charge in [-0.1, -0.05) is 22.6 Å². The second kappa shape index (κ2) is 17.4. The maximum absolute atomic E-state index is 14.2. The number of rotatable bonds is 10. The fourth-order valence-corrected chi connectivity index (χ4v) is 8.28. The summed E-state index contributed by atoms with van der Waals surface area (Å²) >= 11 is 1.05. The van der Waals surface area contributed by atoms with Crippen LogP contribution in [0.2, 0.25) is 0 Å². The van der Waals surface area contributed by atoms with Crippen LogP contribution in [0, 0.1) is 23.3 Å². The van der Waals surface area contributed by atoms with Crippen molar-refractivity contribution in [1.82, 2.24) is 34.9 Å². The zero-order valence-corrected chi connectivity index (χ0v) is 32.9. The molecule has 16 nitrogen and oxygen atoms in total. The van der Waals surface area contributed by atoms with Crippen molar-refractivity contribution in [2.75, 3.05) is 26.8 Å². The van der Waals surface area contributed by atoms with E-state index in [0.717, 1.165) is 30.8 Å². The molecule has 2 aromatic carbocycles. The van der Waals surface area contributed by atoms with Gasteiger partial charge in [-0.25, -0.2) is 31.7 Å². The third kappa shape index (κ3) is 9.59. The van der Waals surface area contributed by atoms with Gasteiger partial charge in [0.05, 0.1) is 29.8 Å². The fraction of sp³-hybridized carbons (Fsp3) is 0.486. The quantitative estimate of drug-likeness (QED) is 0.102. The molecule has 4 aromatic rings. The van der Waals surface area contributed by atoms with Crippen LogP contribution in [0.15, 0.2) is 48.8 Å². The number of amides is 1. The molecular weight excluding hydrogens is 795 g/mol. The first kappa shape index (κ1) is 42.5. The zero-order chi connectivity index (χ0) is 42.1. The minimum absolute atomic E-state index is 0.0587. The highest BCUT2D eigenvalue weighted by atomic mass is 32.2. The van der Waals surface area contributed by atoms with Gasteiger partial charge in [0.2, 0.25) is 0 Å². The highest BCUT2D eigenvalue weighted by Crippen LogP contribution is 2.43. The van der Waals surface area contributed by atoms with Crippen LogP contribution in [0.3, 0.4) is 0 Å². The SMILES string of the molecule is CO[C@@H]1[C@@H](n2cc(-c3cc(F)c(F)c(F)c3)nn2)[C@@H](OC(C)=O)[C@@H](COC(C)=O)O[C@H]1S[C@@H]1CN(C(=O)OC(C)(C)C)C[C@H](n2cc(-c3cccc(F)c3)nn2)[C@H]1O. The van der Waals surface area contributed by atoms with E-state index in [1.54, 1.807) is 26.8 Å². The molecule has 0 radical (unpaired) electrons. The summed E-state index contributed by atoms with van der Waals surface area (Å²) in [6.07, 6.45) is -2.68. The summed E-state index contributed by atoms with van der Waals surface area (Å²) in [5.74, 6) is -6.49. The number of carbonyl (C=O) groups excluding carboxylic acids is 3. The number of nitrogens with zero attached hydrogens (tertiary/aromatic N) is 7. The molecule has 1 N–H and O–H groups in total. The van der Waals surface area contributed by atoms with E-state index in [1.807, 2.05) is 0 Å². The van der Waals surface area contributed by atoms with Gasteiger partial charge in [0.25, 0.3) is 0 Å². The van der Waals surface area contributed by atoms with Gasteiger partial charge in [0.15, 0.2) is 23.6 Å². The number of aliphatic hydroxyl groups is 1. The maximum atomic E-state index is 14.2. The smallest absolute Gasteiger partial charge is 0.410 e. The van der Waals surface area contributed by atoms with Crippen LogP contribution in [0.4, 0.5) is 22.4 Å². The minimum Gasteiger partial charge on any atom is -0.463 e. The number of methoxy groups -OCH3 is 1. The van der Waals surface area contributed by atoms with Crippen LogP contribution in [0.5, 0.6) is 0 Å². The van der Waals surface area contributed by atoms with Crippen molar-refractivity contribution in [2.24, 2.45) is 0 Å². The van der Waals surface area contributed by atoms with E-state index in [4.69, 9.17) is 23.7 Å². The first-order valence-corrected chi connectivity index (χ1v) is 18.9. The minimum atomic E-state index is -1.67. The van der Waals surface area contributed by atoms with Crippen molar-refractivity contribution >= 4 is 29.8 Å². The van der Waals surface area contributed by atoms with E-state index < -0.39 is 101 Å². The first-order chi connectivity index (χ1) is 27.4. The molecule has 4 heterocycles. The molecule has 6 rings (SSSR count). The van der Waals surface area contributed by atoms with E-state index in [-0.39, 0.29) is 24.3 Å². The number of halogens is 4. The second-order valence-corrected chi connectivity index (χ2v) is 16.0. The third-order valence-corrected chi connectivity index (χ3v) is 10.7.